The van der Waals surface area contributed by atoms with E-state index in [4.69, 9.17) is 14.5 Å². The third-order valence-corrected chi connectivity index (χ3v) is 5.48. The Morgan fingerprint density at radius 1 is 1.17 bits per heavy atom. The Balaban J connectivity index is 1.87. The zero-order valence-corrected chi connectivity index (χ0v) is 18.4. The molecule has 2 heterocycles. The molecule has 1 aromatic heterocycles. The second kappa shape index (κ2) is 8.19. The van der Waals surface area contributed by atoms with Crippen molar-refractivity contribution in [1.29, 1.82) is 0 Å². The van der Waals surface area contributed by atoms with Crippen LogP contribution < -0.4 is 0 Å². The van der Waals surface area contributed by atoms with Crippen LogP contribution in [0.4, 0.5) is 4.79 Å². The normalized spacial score (nSPS) is 16.9. The zero-order valence-electron chi connectivity index (χ0n) is 18.4. The summed E-state index contributed by atoms with van der Waals surface area (Å²) in [4.78, 5) is 18.9. The molecule has 1 aliphatic heterocycles. The molecule has 29 heavy (non-hydrogen) atoms. The van der Waals surface area contributed by atoms with Gasteiger partial charge in [0.05, 0.1) is 5.69 Å². The van der Waals surface area contributed by atoms with Crippen LogP contribution in [-0.4, -0.2) is 46.3 Å². The number of para-hydroxylation sites is 1. The minimum absolute atomic E-state index is 0.268. The standard InChI is InChI=1S/C23H33N3O3/c1-17(2)18-9-7-8-10-19(18)26-16-13-24-20(26)23(28-6)11-14-25(15-12-23)21(27)29-22(3,4)5/h7-10,13,16-17H,11-12,14-15H2,1-6H3. The van der Waals surface area contributed by atoms with Crippen LogP contribution in [0.2, 0.25) is 0 Å². The Labute approximate surface area is 173 Å². The van der Waals surface area contributed by atoms with Crippen molar-refractivity contribution in [1.82, 2.24) is 14.5 Å². The van der Waals surface area contributed by atoms with E-state index in [1.165, 1.54) is 5.56 Å². The van der Waals surface area contributed by atoms with Crippen molar-refractivity contribution in [2.75, 3.05) is 20.2 Å². The van der Waals surface area contributed by atoms with Crippen molar-refractivity contribution in [2.24, 2.45) is 0 Å². The van der Waals surface area contributed by atoms with Crippen LogP contribution in [0.15, 0.2) is 36.7 Å². The van der Waals surface area contributed by atoms with Gasteiger partial charge in [0.1, 0.15) is 17.0 Å². The zero-order chi connectivity index (χ0) is 21.2. The molecule has 1 aliphatic rings. The number of hydrogen-bond acceptors (Lipinski definition) is 4. The summed E-state index contributed by atoms with van der Waals surface area (Å²) in [6, 6.07) is 8.41. The molecule has 158 valence electrons. The molecule has 6 heteroatoms. The summed E-state index contributed by atoms with van der Waals surface area (Å²) >= 11 is 0. The fourth-order valence-electron chi connectivity index (χ4n) is 3.93. The fraction of sp³-hybridized carbons (Fsp3) is 0.565. The van der Waals surface area contributed by atoms with Gasteiger partial charge in [0.15, 0.2) is 0 Å². The number of benzene rings is 1. The van der Waals surface area contributed by atoms with Gasteiger partial charge in [-0.2, -0.15) is 0 Å². The number of piperidine rings is 1. The molecule has 0 spiro atoms. The van der Waals surface area contributed by atoms with E-state index in [0.717, 1.165) is 11.5 Å². The lowest BCUT2D eigenvalue weighted by Gasteiger charge is -2.40. The van der Waals surface area contributed by atoms with E-state index in [0.29, 0.717) is 31.8 Å². The van der Waals surface area contributed by atoms with E-state index in [1.54, 1.807) is 12.0 Å². The maximum Gasteiger partial charge on any atom is 0.410 e. The Bertz CT molecular complexity index is 843. The van der Waals surface area contributed by atoms with Gasteiger partial charge in [-0.15, -0.1) is 0 Å². The average Bonchev–Trinajstić information content (AvgIpc) is 3.17. The molecule has 1 fully saturated rings. The molecular weight excluding hydrogens is 366 g/mol. The molecule has 0 aliphatic carbocycles. The van der Waals surface area contributed by atoms with Crippen LogP contribution in [0.5, 0.6) is 0 Å². The largest absolute Gasteiger partial charge is 0.444 e. The molecule has 1 amide bonds. The molecule has 1 aromatic carbocycles. The summed E-state index contributed by atoms with van der Waals surface area (Å²) in [5.74, 6) is 1.28. The molecule has 0 atom stereocenters. The highest BCUT2D eigenvalue weighted by atomic mass is 16.6. The van der Waals surface area contributed by atoms with Gasteiger partial charge >= 0.3 is 6.09 Å². The Kier molecular flexibility index (Phi) is 6.03. The maximum absolute atomic E-state index is 12.4. The second-order valence-electron chi connectivity index (χ2n) is 9.00. The molecule has 6 nitrogen and oxygen atoms in total. The first kappa shape index (κ1) is 21.4. The smallest absolute Gasteiger partial charge is 0.410 e. The third kappa shape index (κ3) is 4.47. The summed E-state index contributed by atoms with van der Waals surface area (Å²) in [6.45, 7) is 11.2. The number of nitrogens with zero attached hydrogens (tertiary/aromatic N) is 3. The topological polar surface area (TPSA) is 56.6 Å². The van der Waals surface area contributed by atoms with Crippen molar-refractivity contribution < 1.29 is 14.3 Å². The molecule has 2 aromatic rings. The van der Waals surface area contributed by atoms with Gasteiger partial charge in [-0.1, -0.05) is 32.0 Å². The van der Waals surface area contributed by atoms with E-state index in [1.807, 2.05) is 33.2 Å². The predicted octanol–water partition coefficient (Wildman–Crippen LogP) is 4.87. The summed E-state index contributed by atoms with van der Waals surface area (Å²) in [5.41, 5.74) is 1.36. The highest BCUT2D eigenvalue weighted by Gasteiger charge is 2.42. The second-order valence-corrected chi connectivity index (χ2v) is 9.00. The van der Waals surface area contributed by atoms with Gasteiger partial charge in [-0.05, 0) is 38.3 Å². The lowest BCUT2D eigenvalue weighted by atomic mass is 9.89. The van der Waals surface area contributed by atoms with Gasteiger partial charge in [0.25, 0.3) is 0 Å². The highest BCUT2D eigenvalue weighted by molar-refractivity contribution is 5.68. The van der Waals surface area contributed by atoms with Crippen molar-refractivity contribution in [3.05, 3.63) is 48.0 Å². The summed E-state index contributed by atoms with van der Waals surface area (Å²) < 4.78 is 13.7. The first-order valence-electron chi connectivity index (χ1n) is 10.3. The number of carbonyl (C=O) groups excluding carboxylic acids is 1. The Morgan fingerprint density at radius 2 is 1.83 bits per heavy atom. The predicted molar refractivity (Wildman–Crippen MR) is 113 cm³/mol. The Hall–Kier alpha value is -2.34. The van der Waals surface area contributed by atoms with Crippen LogP contribution in [0.1, 0.15) is 64.8 Å². The lowest BCUT2D eigenvalue weighted by Crippen LogP contribution is -2.48. The van der Waals surface area contributed by atoms with Gasteiger partial charge < -0.3 is 18.9 Å². The van der Waals surface area contributed by atoms with Crippen molar-refractivity contribution >= 4 is 6.09 Å². The first-order chi connectivity index (χ1) is 13.7. The van der Waals surface area contributed by atoms with Crippen LogP contribution in [0.25, 0.3) is 5.69 Å². The van der Waals surface area contributed by atoms with Crippen LogP contribution in [-0.2, 0) is 15.1 Å². The van der Waals surface area contributed by atoms with Crippen LogP contribution in [0, 0.1) is 0 Å². The molecule has 0 saturated carbocycles. The summed E-state index contributed by atoms with van der Waals surface area (Å²) in [5, 5.41) is 0. The minimum atomic E-state index is -0.536. The van der Waals surface area contributed by atoms with Gasteiger partial charge in [-0.3, -0.25) is 0 Å². The SMILES string of the molecule is COC1(c2nccn2-c2ccccc2C(C)C)CCN(C(=O)OC(C)(C)C)CC1. The van der Waals surface area contributed by atoms with Crippen LogP contribution >= 0.6 is 0 Å². The fourth-order valence-corrected chi connectivity index (χ4v) is 3.93. The molecule has 0 N–H and O–H groups in total. The number of methoxy groups -OCH3 is 1. The first-order valence-corrected chi connectivity index (χ1v) is 10.3. The van der Waals surface area contributed by atoms with Gasteiger partial charge in [-0.25, -0.2) is 9.78 Å². The van der Waals surface area contributed by atoms with E-state index in [2.05, 4.69) is 42.7 Å². The number of amides is 1. The molecule has 0 unspecified atom stereocenters. The van der Waals surface area contributed by atoms with Crippen molar-refractivity contribution in [2.45, 2.75) is 64.6 Å². The number of likely N-dealkylation sites (tertiary alicyclic amines) is 1. The van der Waals surface area contributed by atoms with E-state index < -0.39 is 11.2 Å². The van der Waals surface area contributed by atoms with Crippen molar-refractivity contribution in [3.63, 3.8) is 0 Å². The molecule has 0 radical (unpaired) electrons. The monoisotopic (exact) mass is 399 g/mol. The quantitative estimate of drug-likeness (QED) is 0.736. The van der Waals surface area contributed by atoms with Crippen molar-refractivity contribution in [3.8, 4) is 5.69 Å². The Morgan fingerprint density at radius 3 is 2.41 bits per heavy atom. The molecule has 1 saturated heterocycles. The van der Waals surface area contributed by atoms with E-state index in [-0.39, 0.29) is 6.09 Å². The molecular formula is C23H33N3O3. The van der Waals surface area contributed by atoms with Crippen LogP contribution in [0.3, 0.4) is 0 Å². The summed E-state index contributed by atoms with van der Waals surface area (Å²) in [7, 11) is 1.73. The number of carbonyl (C=O) groups is 1. The molecule has 0 bridgehead atoms. The average molecular weight is 400 g/mol. The van der Waals surface area contributed by atoms with E-state index in [9.17, 15) is 4.79 Å². The number of aromatic nitrogens is 2. The minimum Gasteiger partial charge on any atom is -0.444 e. The van der Waals surface area contributed by atoms with Gasteiger partial charge in [0.2, 0.25) is 0 Å². The highest BCUT2D eigenvalue weighted by Crippen LogP contribution is 2.37. The number of imidazole rings is 1. The van der Waals surface area contributed by atoms with E-state index >= 15 is 0 Å². The summed E-state index contributed by atoms with van der Waals surface area (Å²) in [6.07, 6.45) is 4.90. The lowest BCUT2D eigenvalue weighted by molar-refractivity contribution is -0.0715. The third-order valence-electron chi connectivity index (χ3n) is 5.48. The number of hydrogen-bond donors (Lipinski definition) is 0. The van der Waals surface area contributed by atoms with Gasteiger partial charge in [0, 0.05) is 45.4 Å². The number of rotatable bonds is 4. The number of ether oxygens (including phenoxy) is 2. The maximum atomic E-state index is 12.4. The molecule has 3 rings (SSSR count).